The zero-order chi connectivity index (χ0) is 21.6. The average Bonchev–Trinajstić information content (AvgIpc) is 2.76. The van der Waals surface area contributed by atoms with Gasteiger partial charge < -0.3 is 4.74 Å². The highest BCUT2D eigenvalue weighted by Crippen LogP contribution is 2.42. The molecule has 0 saturated carbocycles. The van der Waals surface area contributed by atoms with E-state index in [-0.39, 0.29) is 0 Å². The Bertz CT molecular complexity index is 1080. The summed E-state index contributed by atoms with van der Waals surface area (Å²) in [6.07, 6.45) is 2.85. The van der Waals surface area contributed by atoms with E-state index in [2.05, 4.69) is 41.0 Å². The third-order valence-electron chi connectivity index (χ3n) is 3.59. The molecule has 0 amide bonds. The van der Waals surface area contributed by atoms with Crippen LogP contribution >= 0.6 is 23.4 Å². The van der Waals surface area contributed by atoms with Gasteiger partial charge in [-0.1, -0.05) is 41.3 Å². The Balaban J connectivity index is 0.000000537. The number of halogens is 1. The van der Waals surface area contributed by atoms with Gasteiger partial charge in [0.25, 0.3) is 10.1 Å². The Hall–Kier alpha value is -1.95. The van der Waals surface area contributed by atoms with Crippen molar-refractivity contribution >= 4 is 45.1 Å². The van der Waals surface area contributed by atoms with Crippen LogP contribution in [0.1, 0.15) is 11.1 Å². The lowest BCUT2D eigenvalue weighted by Crippen LogP contribution is -2.10. The summed E-state index contributed by atoms with van der Waals surface area (Å²) in [5, 5.41) is 0.721. The molecule has 2 aromatic rings. The second kappa shape index (κ2) is 10.2. The van der Waals surface area contributed by atoms with Crippen molar-refractivity contribution < 1.29 is 17.7 Å². The molecule has 3 rings (SSSR count). The number of allylic oxidation sites excluding steroid dienone is 1. The number of hydrogen-bond donors (Lipinski definition) is 1. The van der Waals surface area contributed by atoms with Crippen molar-refractivity contribution in [2.75, 3.05) is 34.0 Å². The van der Waals surface area contributed by atoms with Crippen LogP contribution in [0.15, 0.2) is 46.2 Å². The maximum atomic E-state index is 9.19. The number of nitrogens with zero attached hydrogens (tertiary/aromatic N) is 1. The van der Waals surface area contributed by atoms with Crippen molar-refractivity contribution in [3.8, 4) is 17.6 Å². The molecule has 1 heterocycles. The molecule has 0 saturated heterocycles. The van der Waals surface area contributed by atoms with Gasteiger partial charge in [0.2, 0.25) is 0 Å². The quantitative estimate of drug-likeness (QED) is 0.538. The Kier molecular flexibility index (Phi) is 8.20. The minimum absolute atomic E-state index is 0.715. The number of fused-ring (bicyclic) bond motifs is 2. The molecule has 0 unspecified atom stereocenters. The molecule has 0 radical (unpaired) electrons. The molecule has 0 aromatic heterocycles. The molecule has 0 spiro atoms. The number of methoxy groups -OCH3 is 1. The molecule has 29 heavy (non-hydrogen) atoms. The first-order valence-corrected chi connectivity index (χ1v) is 11.5. The molecular formula is C21H22ClNO4S2. The molecule has 1 N–H and O–H groups in total. The molecule has 0 atom stereocenters. The maximum absolute atomic E-state index is 9.19. The Morgan fingerprint density at radius 2 is 1.86 bits per heavy atom. The van der Waals surface area contributed by atoms with Crippen LogP contribution in [0.25, 0.3) is 11.6 Å². The van der Waals surface area contributed by atoms with Gasteiger partial charge in [0.05, 0.1) is 19.9 Å². The van der Waals surface area contributed by atoms with Crippen LogP contribution < -0.4 is 4.74 Å². The van der Waals surface area contributed by atoms with Crippen LogP contribution in [0.2, 0.25) is 5.02 Å². The van der Waals surface area contributed by atoms with Gasteiger partial charge in [-0.3, -0.25) is 9.45 Å². The zero-order valence-corrected chi connectivity index (χ0v) is 19.0. The smallest absolute Gasteiger partial charge is 0.261 e. The molecule has 1 aliphatic rings. The summed E-state index contributed by atoms with van der Waals surface area (Å²) in [4.78, 5) is 4.36. The van der Waals surface area contributed by atoms with Gasteiger partial charge in [0, 0.05) is 26.0 Å². The summed E-state index contributed by atoms with van der Waals surface area (Å²) in [6.45, 7) is 0.718. The van der Waals surface area contributed by atoms with E-state index in [9.17, 15) is 8.42 Å². The lowest BCUT2D eigenvalue weighted by molar-refractivity contribution is 0.413. The number of benzene rings is 2. The summed E-state index contributed by atoms with van der Waals surface area (Å²) < 4.78 is 31.2. The standard InChI is InChI=1S/C20H18ClNOS.CH4O3S/c1-22(2)10-4-5-14-11-15-6-8-17(23-3)13-20(15)24-19-9-7-16(21)12-18(14)19;1-5(2,3)4/h6-9,11-13H,10H2,1-3H3;1H3,(H,2,3,4). The summed E-state index contributed by atoms with van der Waals surface area (Å²) >= 11 is 7.94. The van der Waals surface area contributed by atoms with Crippen LogP contribution in [0.4, 0.5) is 0 Å². The fraction of sp³-hybridized carbons (Fsp3) is 0.238. The van der Waals surface area contributed by atoms with E-state index in [4.69, 9.17) is 20.9 Å². The van der Waals surface area contributed by atoms with Gasteiger partial charge in [-0.2, -0.15) is 8.42 Å². The highest BCUT2D eigenvalue weighted by molar-refractivity contribution is 7.99. The van der Waals surface area contributed by atoms with E-state index in [1.807, 2.05) is 32.3 Å². The summed E-state index contributed by atoms with van der Waals surface area (Å²) in [5.74, 6) is 7.39. The summed E-state index contributed by atoms with van der Waals surface area (Å²) in [7, 11) is 2.04. The largest absolute Gasteiger partial charge is 0.497 e. The van der Waals surface area contributed by atoms with Crippen LogP contribution in [0.5, 0.6) is 5.75 Å². The summed E-state index contributed by atoms with van der Waals surface area (Å²) in [6, 6.07) is 12.1. The van der Waals surface area contributed by atoms with E-state index in [0.29, 0.717) is 6.26 Å². The topological polar surface area (TPSA) is 66.8 Å². The van der Waals surface area contributed by atoms with E-state index >= 15 is 0 Å². The number of hydrogen-bond acceptors (Lipinski definition) is 5. The van der Waals surface area contributed by atoms with Crippen LogP contribution in [0.3, 0.4) is 0 Å². The molecule has 8 heteroatoms. The maximum Gasteiger partial charge on any atom is 0.261 e. The van der Waals surface area contributed by atoms with Gasteiger partial charge in [-0.15, -0.1) is 0 Å². The molecule has 2 aromatic carbocycles. The average molecular weight is 452 g/mol. The van der Waals surface area contributed by atoms with E-state index < -0.39 is 10.1 Å². The highest BCUT2D eigenvalue weighted by Gasteiger charge is 2.16. The van der Waals surface area contributed by atoms with Gasteiger partial charge in [-0.05, 0) is 56.1 Å². The van der Waals surface area contributed by atoms with Crippen molar-refractivity contribution in [3.63, 3.8) is 0 Å². The Labute approximate surface area is 181 Å². The lowest BCUT2D eigenvalue weighted by atomic mass is 10.0. The third kappa shape index (κ3) is 7.77. The van der Waals surface area contributed by atoms with E-state index in [0.717, 1.165) is 43.8 Å². The third-order valence-corrected chi connectivity index (χ3v) is 4.98. The molecule has 154 valence electrons. The van der Waals surface area contributed by atoms with Crippen LogP contribution in [0, 0.1) is 11.8 Å². The highest BCUT2D eigenvalue weighted by atomic mass is 35.5. The minimum atomic E-state index is -3.67. The number of ether oxygens (including phenoxy) is 1. The van der Waals surface area contributed by atoms with Crippen LogP contribution in [-0.4, -0.2) is 51.9 Å². The zero-order valence-electron chi connectivity index (χ0n) is 16.6. The minimum Gasteiger partial charge on any atom is -0.497 e. The van der Waals surface area contributed by atoms with Crippen molar-refractivity contribution in [2.45, 2.75) is 9.79 Å². The monoisotopic (exact) mass is 451 g/mol. The van der Waals surface area contributed by atoms with Gasteiger partial charge in [-0.25, -0.2) is 0 Å². The van der Waals surface area contributed by atoms with E-state index in [1.54, 1.807) is 18.9 Å². The van der Waals surface area contributed by atoms with E-state index in [1.165, 1.54) is 0 Å². The van der Waals surface area contributed by atoms with Crippen molar-refractivity contribution in [1.82, 2.24) is 4.90 Å². The van der Waals surface area contributed by atoms with Gasteiger partial charge >= 0.3 is 0 Å². The molecule has 0 aliphatic carbocycles. The fourth-order valence-corrected chi connectivity index (χ4v) is 3.64. The van der Waals surface area contributed by atoms with Gasteiger partial charge in [0.1, 0.15) is 5.75 Å². The molecule has 0 bridgehead atoms. The van der Waals surface area contributed by atoms with Crippen molar-refractivity contribution in [1.29, 1.82) is 0 Å². The predicted molar refractivity (Wildman–Crippen MR) is 120 cm³/mol. The predicted octanol–water partition coefficient (Wildman–Crippen LogP) is 4.42. The molecule has 5 nitrogen and oxygen atoms in total. The normalized spacial score (nSPS) is 12.3. The second-order valence-electron chi connectivity index (χ2n) is 6.48. The molecular weight excluding hydrogens is 430 g/mol. The lowest BCUT2D eigenvalue weighted by Gasteiger charge is -2.08. The summed E-state index contributed by atoms with van der Waals surface area (Å²) in [5.41, 5.74) is 3.21. The molecule has 1 aliphatic heterocycles. The first kappa shape index (κ1) is 23.3. The Morgan fingerprint density at radius 3 is 2.48 bits per heavy atom. The number of rotatable bonds is 2. The first-order chi connectivity index (χ1) is 13.6. The molecule has 0 fully saturated rings. The van der Waals surface area contributed by atoms with Crippen molar-refractivity contribution in [3.05, 3.63) is 52.5 Å². The van der Waals surface area contributed by atoms with Crippen LogP contribution in [-0.2, 0) is 10.1 Å². The van der Waals surface area contributed by atoms with Gasteiger partial charge in [0.15, 0.2) is 0 Å². The Morgan fingerprint density at radius 1 is 1.17 bits per heavy atom. The van der Waals surface area contributed by atoms with Crippen molar-refractivity contribution in [2.24, 2.45) is 0 Å². The fourth-order valence-electron chi connectivity index (χ4n) is 2.40. The second-order valence-corrected chi connectivity index (χ2v) is 9.46. The first-order valence-electron chi connectivity index (χ1n) is 8.50. The SMILES string of the molecule is COc1ccc2c(c1)Sc1ccc(Cl)cc1C(C#CCN(C)C)=C2.CS(=O)(=O)O.